The summed E-state index contributed by atoms with van der Waals surface area (Å²) in [5, 5.41) is 3.37. The summed E-state index contributed by atoms with van der Waals surface area (Å²) in [5.74, 6) is 1.01. The molecule has 17 heavy (non-hydrogen) atoms. The van der Waals surface area contributed by atoms with Crippen LogP contribution < -0.4 is 5.32 Å². The first-order valence-corrected chi connectivity index (χ1v) is 7.95. The van der Waals surface area contributed by atoms with Gasteiger partial charge in [0.25, 0.3) is 0 Å². The Labute approximate surface area is 109 Å². The van der Waals surface area contributed by atoms with Gasteiger partial charge in [0.15, 0.2) is 0 Å². The molecular formula is C14H25NOS. The van der Waals surface area contributed by atoms with Crippen LogP contribution in [0.1, 0.15) is 47.0 Å². The lowest BCUT2D eigenvalue weighted by atomic mass is 9.69. The average Bonchev–Trinajstić information content (AvgIpc) is 2.60. The van der Waals surface area contributed by atoms with E-state index in [2.05, 4.69) is 26.1 Å². The molecule has 2 fully saturated rings. The Morgan fingerprint density at radius 3 is 2.47 bits per heavy atom. The van der Waals surface area contributed by atoms with Crippen molar-refractivity contribution in [2.45, 2.75) is 58.2 Å². The minimum Gasteiger partial charge on any atom is -0.352 e. The molecule has 0 aromatic heterocycles. The van der Waals surface area contributed by atoms with E-state index in [1.807, 2.05) is 13.2 Å². The van der Waals surface area contributed by atoms with E-state index in [4.69, 9.17) is 0 Å². The Morgan fingerprint density at radius 1 is 1.41 bits per heavy atom. The predicted molar refractivity (Wildman–Crippen MR) is 74.1 cm³/mol. The van der Waals surface area contributed by atoms with Crippen molar-refractivity contribution in [3.63, 3.8) is 0 Å². The molecular weight excluding hydrogens is 230 g/mol. The van der Waals surface area contributed by atoms with Crippen LogP contribution in [-0.2, 0) is 4.79 Å². The molecule has 2 bridgehead atoms. The third-order valence-electron chi connectivity index (χ3n) is 5.83. The van der Waals surface area contributed by atoms with Crippen LogP contribution in [0, 0.1) is 16.7 Å². The highest BCUT2D eigenvalue weighted by atomic mass is 32.2. The van der Waals surface area contributed by atoms with Crippen molar-refractivity contribution in [2.24, 2.45) is 16.7 Å². The molecule has 2 rings (SSSR count). The maximum absolute atomic E-state index is 12.0. The van der Waals surface area contributed by atoms with Crippen molar-refractivity contribution < 1.29 is 4.79 Å². The zero-order chi connectivity index (χ0) is 12.8. The van der Waals surface area contributed by atoms with Gasteiger partial charge in [0.2, 0.25) is 5.91 Å². The second kappa shape index (κ2) is 4.18. The molecule has 3 heteroatoms. The number of carbonyl (C=O) groups is 1. The molecule has 0 saturated heterocycles. The normalized spacial score (nSPS) is 40.3. The molecule has 0 heterocycles. The summed E-state index contributed by atoms with van der Waals surface area (Å²) in [6, 6.07) is 0.387. The first kappa shape index (κ1) is 13.3. The third kappa shape index (κ3) is 1.81. The summed E-state index contributed by atoms with van der Waals surface area (Å²) in [6.07, 6.45) is 5.78. The molecule has 2 aliphatic carbocycles. The van der Waals surface area contributed by atoms with Gasteiger partial charge in [-0.1, -0.05) is 20.8 Å². The summed E-state index contributed by atoms with van der Waals surface area (Å²) >= 11 is 1.62. The highest BCUT2D eigenvalue weighted by molar-refractivity contribution is 7.99. The number of rotatable bonds is 3. The second-order valence-corrected chi connectivity index (χ2v) is 7.73. The van der Waals surface area contributed by atoms with Crippen LogP contribution in [0.15, 0.2) is 0 Å². The second-order valence-electron chi connectivity index (χ2n) is 6.55. The van der Waals surface area contributed by atoms with Crippen molar-refractivity contribution in [3.8, 4) is 0 Å². The van der Waals surface area contributed by atoms with E-state index < -0.39 is 0 Å². The molecule has 0 aromatic carbocycles. The maximum atomic E-state index is 12.0. The molecule has 98 valence electrons. The molecule has 4 atom stereocenters. The molecule has 0 aliphatic heterocycles. The summed E-state index contributed by atoms with van der Waals surface area (Å²) in [7, 11) is 0. The summed E-state index contributed by atoms with van der Waals surface area (Å²) in [4.78, 5) is 12.0. The van der Waals surface area contributed by atoms with Gasteiger partial charge in [0.05, 0.1) is 5.25 Å². The van der Waals surface area contributed by atoms with E-state index in [1.165, 1.54) is 19.3 Å². The van der Waals surface area contributed by atoms with E-state index in [9.17, 15) is 4.79 Å². The SMILES string of the molecule is CS[C@H](C)C(=O)N[C@@H]1C[C@H]2CC[C@@]1(C)C2(C)C. The zero-order valence-corrected chi connectivity index (χ0v) is 12.5. The topological polar surface area (TPSA) is 29.1 Å². The number of fused-ring (bicyclic) bond motifs is 2. The number of hydrogen-bond donors (Lipinski definition) is 1. The molecule has 0 aromatic rings. The first-order valence-electron chi connectivity index (χ1n) is 6.66. The molecule has 0 unspecified atom stereocenters. The van der Waals surface area contributed by atoms with Gasteiger partial charge < -0.3 is 5.32 Å². The van der Waals surface area contributed by atoms with Crippen LogP contribution in [0.3, 0.4) is 0 Å². The Morgan fingerprint density at radius 2 is 2.06 bits per heavy atom. The quantitative estimate of drug-likeness (QED) is 0.839. The lowest BCUT2D eigenvalue weighted by Gasteiger charge is -2.39. The Kier molecular flexibility index (Phi) is 3.26. The van der Waals surface area contributed by atoms with Gasteiger partial charge in [-0.05, 0) is 49.2 Å². The van der Waals surface area contributed by atoms with Crippen molar-refractivity contribution in [1.82, 2.24) is 5.32 Å². The number of nitrogens with one attached hydrogen (secondary N) is 1. The molecule has 2 nitrogen and oxygen atoms in total. The number of carbonyl (C=O) groups excluding carboxylic acids is 1. The fourth-order valence-electron chi connectivity index (χ4n) is 3.82. The fourth-order valence-corrected chi connectivity index (χ4v) is 4.10. The minimum absolute atomic E-state index is 0.0702. The van der Waals surface area contributed by atoms with E-state index >= 15 is 0 Å². The summed E-state index contributed by atoms with van der Waals surface area (Å²) in [6.45, 7) is 9.12. The smallest absolute Gasteiger partial charge is 0.233 e. The average molecular weight is 255 g/mol. The van der Waals surface area contributed by atoms with Gasteiger partial charge in [0.1, 0.15) is 0 Å². The Bertz CT molecular complexity index is 328. The molecule has 2 saturated carbocycles. The predicted octanol–water partition coefficient (Wildman–Crippen LogP) is 3.07. The van der Waals surface area contributed by atoms with Crippen LogP contribution in [0.2, 0.25) is 0 Å². The van der Waals surface area contributed by atoms with Gasteiger partial charge in [-0.25, -0.2) is 0 Å². The standard InChI is InChI=1S/C14H25NOS/c1-9(17-5)12(16)15-11-8-10-6-7-14(11,4)13(10,2)3/h9-11H,6-8H2,1-5H3,(H,15,16)/t9-,10-,11-,14-/m1/s1. The van der Waals surface area contributed by atoms with Gasteiger partial charge in [-0.3, -0.25) is 4.79 Å². The molecule has 1 N–H and O–H groups in total. The molecule has 1 amide bonds. The van der Waals surface area contributed by atoms with Crippen molar-refractivity contribution >= 4 is 17.7 Å². The number of thioether (sulfide) groups is 1. The maximum Gasteiger partial charge on any atom is 0.233 e. The van der Waals surface area contributed by atoms with Gasteiger partial charge in [-0.15, -0.1) is 0 Å². The van der Waals surface area contributed by atoms with Crippen molar-refractivity contribution in [3.05, 3.63) is 0 Å². The largest absolute Gasteiger partial charge is 0.352 e. The lowest BCUT2D eigenvalue weighted by molar-refractivity contribution is -0.122. The van der Waals surface area contributed by atoms with Gasteiger partial charge in [0, 0.05) is 6.04 Å². The van der Waals surface area contributed by atoms with Crippen LogP contribution in [-0.4, -0.2) is 23.5 Å². The molecule has 0 radical (unpaired) electrons. The first-order chi connectivity index (χ1) is 7.83. The Hall–Kier alpha value is -0.180. The van der Waals surface area contributed by atoms with Gasteiger partial charge >= 0.3 is 0 Å². The van der Waals surface area contributed by atoms with E-state index in [1.54, 1.807) is 11.8 Å². The van der Waals surface area contributed by atoms with E-state index in [0.29, 0.717) is 16.9 Å². The highest BCUT2D eigenvalue weighted by Gasteiger charge is 2.61. The fraction of sp³-hybridized carbons (Fsp3) is 0.929. The van der Waals surface area contributed by atoms with Crippen LogP contribution in [0.5, 0.6) is 0 Å². The van der Waals surface area contributed by atoms with Crippen molar-refractivity contribution in [1.29, 1.82) is 0 Å². The Balaban J connectivity index is 2.08. The van der Waals surface area contributed by atoms with E-state index in [0.717, 1.165) is 5.92 Å². The summed E-state index contributed by atoms with van der Waals surface area (Å²) < 4.78 is 0. The van der Waals surface area contributed by atoms with Crippen LogP contribution in [0.4, 0.5) is 0 Å². The third-order valence-corrected chi connectivity index (χ3v) is 6.75. The lowest BCUT2D eigenvalue weighted by Crippen LogP contribution is -2.48. The van der Waals surface area contributed by atoms with Gasteiger partial charge in [-0.2, -0.15) is 11.8 Å². The molecule has 2 aliphatic rings. The monoisotopic (exact) mass is 255 g/mol. The number of amides is 1. The number of hydrogen-bond acceptors (Lipinski definition) is 2. The minimum atomic E-state index is 0.0702. The molecule has 0 spiro atoms. The zero-order valence-electron chi connectivity index (χ0n) is 11.7. The summed E-state index contributed by atoms with van der Waals surface area (Å²) in [5.41, 5.74) is 0.680. The van der Waals surface area contributed by atoms with Crippen LogP contribution in [0.25, 0.3) is 0 Å². The van der Waals surface area contributed by atoms with Crippen molar-refractivity contribution in [2.75, 3.05) is 6.26 Å². The highest BCUT2D eigenvalue weighted by Crippen LogP contribution is 2.65. The van der Waals surface area contributed by atoms with Crippen LogP contribution >= 0.6 is 11.8 Å². The van der Waals surface area contributed by atoms with E-state index in [-0.39, 0.29) is 11.2 Å².